The number of hydrogen-bond acceptors (Lipinski definition) is 9. The Balaban J connectivity index is 2.11. The van der Waals surface area contributed by atoms with E-state index in [-0.39, 0.29) is 24.7 Å². The minimum Gasteiger partial charge on any atom is -0.466 e. The second-order valence-corrected chi connectivity index (χ2v) is 17.3. The van der Waals surface area contributed by atoms with Gasteiger partial charge in [-0.1, -0.05) is 81.4 Å². The number of carbonyl (C=O) groups is 4. The molecule has 2 amide bonds. The van der Waals surface area contributed by atoms with Crippen molar-refractivity contribution < 1.29 is 42.6 Å². The van der Waals surface area contributed by atoms with Crippen molar-refractivity contribution in [2.45, 2.75) is 83.7 Å². The average molecular weight is 655 g/mol. The smallest absolute Gasteiger partial charge is 0.357 e. The van der Waals surface area contributed by atoms with Gasteiger partial charge in [0.2, 0.25) is 11.8 Å². The van der Waals surface area contributed by atoms with Gasteiger partial charge in [-0.25, -0.2) is 19.6 Å². The van der Waals surface area contributed by atoms with Crippen molar-refractivity contribution in [2.24, 2.45) is 0 Å². The van der Waals surface area contributed by atoms with Crippen LogP contribution in [0.25, 0.3) is 0 Å². The van der Waals surface area contributed by atoms with E-state index in [0.717, 1.165) is 41.4 Å². The fourth-order valence-corrected chi connectivity index (χ4v) is 6.15. The van der Waals surface area contributed by atoms with Crippen molar-refractivity contribution in [1.82, 2.24) is 10.0 Å². The molecule has 0 saturated carbocycles. The number of esters is 2. The van der Waals surface area contributed by atoms with Crippen LogP contribution in [0.4, 0.5) is 0 Å². The molecule has 1 fully saturated rings. The van der Waals surface area contributed by atoms with Crippen LogP contribution in [-0.2, 0) is 55.8 Å². The minimum atomic E-state index is -2.48. The number of carbonyl (C=O) groups excluding carboxylic acids is 4. The van der Waals surface area contributed by atoms with E-state index in [0.29, 0.717) is 6.61 Å². The van der Waals surface area contributed by atoms with Crippen molar-refractivity contribution in [3.8, 4) is 0 Å². The predicted molar refractivity (Wildman–Crippen MR) is 173 cm³/mol. The first-order chi connectivity index (χ1) is 21.7. The average Bonchev–Trinajstić information content (AvgIpc) is 3.36. The van der Waals surface area contributed by atoms with Gasteiger partial charge in [0.05, 0.1) is 58.7 Å². The summed E-state index contributed by atoms with van der Waals surface area (Å²) in [5.41, 5.74) is 1.39. The quantitative estimate of drug-likeness (QED) is 0.161. The van der Waals surface area contributed by atoms with Crippen LogP contribution in [0.2, 0.25) is 18.1 Å². The third-order valence-electron chi connectivity index (χ3n) is 8.23. The van der Waals surface area contributed by atoms with Crippen molar-refractivity contribution in [3.05, 3.63) is 83.6 Å². The maximum absolute atomic E-state index is 13.7. The van der Waals surface area contributed by atoms with Gasteiger partial charge in [0.15, 0.2) is 14.0 Å². The summed E-state index contributed by atoms with van der Waals surface area (Å²) in [5.74, 6) is -3.05. The van der Waals surface area contributed by atoms with Crippen molar-refractivity contribution in [2.75, 3.05) is 20.8 Å². The molecule has 2 aromatic rings. The van der Waals surface area contributed by atoms with Crippen LogP contribution in [-0.4, -0.2) is 81.2 Å². The summed E-state index contributed by atoms with van der Waals surface area (Å²) in [7, 11) is -0.234. The molecule has 3 atom stereocenters. The van der Waals surface area contributed by atoms with Gasteiger partial charge in [0.1, 0.15) is 6.10 Å². The largest absolute Gasteiger partial charge is 0.466 e. The summed E-state index contributed by atoms with van der Waals surface area (Å²) in [4.78, 5) is 52.1. The molecule has 1 saturated heterocycles. The van der Waals surface area contributed by atoms with E-state index in [4.69, 9.17) is 23.4 Å². The molecule has 12 heteroatoms. The number of hydrogen-bond donors (Lipinski definition) is 0. The van der Waals surface area contributed by atoms with Crippen molar-refractivity contribution >= 4 is 32.1 Å². The summed E-state index contributed by atoms with van der Waals surface area (Å²) in [6, 6.07) is 18.3. The molecule has 46 heavy (non-hydrogen) atoms. The molecule has 0 aliphatic carbocycles. The number of rotatable bonds is 14. The van der Waals surface area contributed by atoms with Crippen LogP contribution < -0.4 is 0 Å². The third-order valence-corrected chi connectivity index (χ3v) is 12.7. The van der Waals surface area contributed by atoms with Crippen LogP contribution in [0.1, 0.15) is 45.2 Å². The number of nitrogens with zero attached hydrogens (tertiary/aromatic N) is 2. The van der Waals surface area contributed by atoms with Crippen LogP contribution in [0.15, 0.2) is 72.4 Å². The Morgan fingerprint density at radius 3 is 2.00 bits per heavy atom. The Labute approximate surface area is 272 Å². The summed E-state index contributed by atoms with van der Waals surface area (Å²) in [6.07, 6.45) is -1.00. The Bertz CT molecular complexity index is 1380. The number of hydrazine groups is 1. The van der Waals surface area contributed by atoms with Gasteiger partial charge in [-0.3, -0.25) is 9.59 Å². The molecule has 1 unspecified atom stereocenters. The second-order valence-electron chi connectivity index (χ2n) is 12.6. The van der Waals surface area contributed by atoms with E-state index < -0.39 is 56.0 Å². The molecule has 1 heterocycles. The number of methoxy groups -OCH3 is 2. The zero-order valence-corrected chi connectivity index (χ0v) is 29.0. The van der Waals surface area contributed by atoms with Crippen LogP contribution in [0.3, 0.4) is 0 Å². The van der Waals surface area contributed by atoms with Crippen LogP contribution >= 0.6 is 0 Å². The van der Waals surface area contributed by atoms with E-state index >= 15 is 0 Å². The van der Waals surface area contributed by atoms with Gasteiger partial charge in [0.25, 0.3) is 0 Å². The van der Waals surface area contributed by atoms with Gasteiger partial charge in [-0.05, 0) is 29.3 Å². The normalized spacial score (nSPS) is 17.1. The Morgan fingerprint density at radius 1 is 0.935 bits per heavy atom. The predicted octanol–water partition coefficient (Wildman–Crippen LogP) is 4.77. The van der Waals surface area contributed by atoms with Gasteiger partial charge >= 0.3 is 11.9 Å². The molecule has 3 rings (SSSR count). The molecule has 0 spiro atoms. The highest BCUT2D eigenvalue weighted by molar-refractivity contribution is 6.74. The SMILES string of the molecule is COC(=O)/C=C(\C(=O)OC)N1C(=O)CC([C@H](OCc2ccccc2)[C@@H](COCc2ccccc2)O[Si](C)(C)C(C)(C)C)N1C(C)=O. The first-order valence-corrected chi connectivity index (χ1v) is 18.1. The number of benzene rings is 2. The lowest BCUT2D eigenvalue weighted by atomic mass is 10.0. The molecule has 0 radical (unpaired) electrons. The first-order valence-electron chi connectivity index (χ1n) is 15.2. The highest BCUT2D eigenvalue weighted by Gasteiger charge is 2.51. The zero-order chi connectivity index (χ0) is 34.1. The van der Waals surface area contributed by atoms with E-state index in [1.807, 2.05) is 60.7 Å². The maximum atomic E-state index is 13.7. The molecule has 250 valence electrons. The number of ether oxygens (including phenoxy) is 4. The summed E-state index contributed by atoms with van der Waals surface area (Å²) in [6.45, 7) is 12.4. The highest BCUT2D eigenvalue weighted by Crippen LogP contribution is 2.39. The van der Waals surface area contributed by atoms with Crippen LogP contribution in [0.5, 0.6) is 0 Å². The molecule has 11 nitrogen and oxygen atoms in total. The first kappa shape index (κ1) is 36.6. The highest BCUT2D eigenvalue weighted by atomic mass is 28.4. The maximum Gasteiger partial charge on any atom is 0.357 e. The minimum absolute atomic E-state index is 0.0964. The summed E-state index contributed by atoms with van der Waals surface area (Å²) < 4.78 is 29.4. The Hall–Kier alpha value is -3.84. The Kier molecular flexibility index (Phi) is 12.8. The number of amides is 2. The third kappa shape index (κ3) is 9.35. The Morgan fingerprint density at radius 2 is 1.50 bits per heavy atom. The van der Waals surface area contributed by atoms with E-state index in [1.165, 1.54) is 6.92 Å². The van der Waals surface area contributed by atoms with Crippen LogP contribution in [0, 0.1) is 0 Å². The summed E-state index contributed by atoms with van der Waals surface area (Å²) >= 11 is 0. The molecule has 0 bridgehead atoms. The fourth-order valence-electron chi connectivity index (χ4n) is 4.83. The standard InChI is InChI=1S/C34H46N2O9Si/c1-24(37)35-27(19-30(38)36(35)28(33(40)42-6)20-31(39)41-5)32(44-22-26-17-13-10-14-18-26)29(45-46(7,8)34(2,3)4)23-43-21-25-15-11-9-12-16-25/h9-18,20,27,29,32H,19,21-23H2,1-8H3/b28-20+/t27?,29-,32+/m1/s1. The van der Waals surface area contributed by atoms with E-state index in [9.17, 15) is 19.2 Å². The molecular weight excluding hydrogens is 608 g/mol. The molecule has 2 aromatic carbocycles. The molecule has 1 aliphatic rings. The van der Waals surface area contributed by atoms with Crippen molar-refractivity contribution in [3.63, 3.8) is 0 Å². The monoisotopic (exact) mass is 654 g/mol. The van der Waals surface area contributed by atoms with E-state index in [2.05, 4.69) is 33.9 Å². The summed E-state index contributed by atoms with van der Waals surface area (Å²) in [5, 5.41) is 1.83. The van der Waals surface area contributed by atoms with E-state index in [1.54, 1.807) is 0 Å². The molecule has 1 aliphatic heterocycles. The molecular formula is C34H46N2O9Si. The topological polar surface area (TPSA) is 121 Å². The lowest BCUT2D eigenvalue weighted by Crippen LogP contribution is -2.57. The fraction of sp³-hybridized carbons (Fsp3) is 0.471. The lowest BCUT2D eigenvalue weighted by Gasteiger charge is -2.43. The van der Waals surface area contributed by atoms with Gasteiger partial charge in [0, 0.05) is 6.92 Å². The molecule has 0 N–H and O–H groups in total. The second kappa shape index (κ2) is 16.1. The van der Waals surface area contributed by atoms with Gasteiger partial charge in [-0.2, -0.15) is 0 Å². The van der Waals surface area contributed by atoms with Gasteiger partial charge < -0.3 is 23.4 Å². The zero-order valence-electron chi connectivity index (χ0n) is 28.0. The van der Waals surface area contributed by atoms with Gasteiger partial charge in [-0.15, -0.1) is 0 Å². The van der Waals surface area contributed by atoms with Crippen molar-refractivity contribution in [1.29, 1.82) is 0 Å². The lowest BCUT2D eigenvalue weighted by molar-refractivity contribution is -0.165. The molecule has 0 aromatic heterocycles.